The smallest absolute Gasteiger partial charge is 0.0842 e. The highest BCUT2D eigenvalue weighted by molar-refractivity contribution is 7.74. The van der Waals surface area contributed by atoms with E-state index in [0.29, 0.717) is 13.0 Å². The highest BCUT2D eigenvalue weighted by Gasteiger charge is 1.99. The Morgan fingerprint density at radius 2 is 2.30 bits per heavy atom. The lowest BCUT2D eigenvalue weighted by molar-refractivity contribution is 0.273. The van der Waals surface area contributed by atoms with Gasteiger partial charge in [0.2, 0.25) is 0 Å². The van der Waals surface area contributed by atoms with Crippen LogP contribution in [0.4, 0.5) is 0 Å². The van der Waals surface area contributed by atoms with Gasteiger partial charge in [-0.1, -0.05) is 0 Å². The Bertz CT molecular complexity index is 111. The van der Waals surface area contributed by atoms with Crippen molar-refractivity contribution in [1.82, 2.24) is 0 Å². The quantitative estimate of drug-likeness (QED) is 0.484. The molecule has 0 heterocycles. The fraction of sp³-hybridized carbons (Fsp3) is 1.00. The van der Waals surface area contributed by atoms with Gasteiger partial charge in [0, 0.05) is 6.04 Å². The molecule has 2 unspecified atom stereocenters. The monoisotopic (exact) mass is 167 g/mol. The predicted octanol–water partition coefficient (Wildman–Crippen LogP) is -1.53. The van der Waals surface area contributed by atoms with Gasteiger partial charge in [-0.15, -0.1) is 0 Å². The average molecular weight is 167 g/mol. The van der Waals surface area contributed by atoms with Gasteiger partial charge in [-0.2, -0.15) is 0 Å². The van der Waals surface area contributed by atoms with Crippen LogP contribution < -0.4 is 11.5 Å². The van der Waals surface area contributed by atoms with E-state index < -0.39 is 11.4 Å². The molecule has 0 spiro atoms. The highest BCUT2D eigenvalue weighted by atomic mass is 32.2. The van der Waals surface area contributed by atoms with Crippen molar-refractivity contribution in [3.8, 4) is 0 Å². The molecule has 5 nitrogen and oxygen atoms in total. The Morgan fingerprint density at radius 3 is 2.70 bits per heavy atom. The van der Waals surface area contributed by atoms with E-state index in [9.17, 15) is 8.76 Å². The summed E-state index contributed by atoms with van der Waals surface area (Å²) < 4.78 is 23.8. The maximum atomic E-state index is 9.80. The molecule has 0 rings (SSSR count). The number of hydrogen-bond donors (Lipinski definition) is 2. The zero-order valence-corrected chi connectivity index (χ0v) is 6.30. The second kappa shape index (κ2) is 5.75. The van der Waals surface area contributed by atoms with Crippen LogP contribution in [0.25, 0.3) is 0 Å². The molecule has 10 heavy (non-hydrogen) atoms. The minimum atomic E-state index is -2.46. The second-order valence-electron chi connectivity index (χ2n) is 1.83. The zero-order chi connectivity index (χ0) is 7.98. The van der Waals surface area contributed by atoms with Crippen molar-refractivity contribution in [3.05, 3.63) is 0 Å². The van der Waals surface area contributed by atoms with Crippen LogP contribution in [0.2, 0.25) is 0 Å². The Hall–Kier alpha value is -0.0100. The van der Waals surface area contributed by atoms with Crippen LogP contribution in [-0.2, 0) is 15.5 Å². The van der Waals surface area contributed by atoms with Gasteiger partial charge in [0.15, 0.2) is 0 Å². The lowest BCUT2D eigenvalue weighted by atomic mass is 10.2. The molecule has 0 aromatic rings. The van der Waals surface area contributed by atoms with Crippen LogP contribution in [0, 0.1) is 0 Å². The summed E-state index contributed by atoms with van der Waals surface area (Å²) in [5.74, 6) is 0. The van der Waals surface area contributed by atoms with Crippen molar-refractivity contribution in [2.45, 2.75) is 12.5 Å². The van der Waals surface area contributed by atoms with E-state index >= 15 is 0 Å². The molecule has 0 aromatic heterocycles. The first-order valence-corrected chi connectivity index (χ1v) is 3.85. The van der Waals surface area contributed by atoms with Gasteiger partial charge in [-0.05, 0) is 13.0 Å². The summed E-state index contributed by atoms with van der Waals surface area (Å²) >= 11 is -2.46. The van der Waals surface area contributed by atoms with Crippen LogP contribution >= 0.6 is 0 Å². The van der Waals surface area contributed by atoms with Crippen molar-refractivity contribution in [2.24, 2.45) is 11.5 Å². The van der Waals surface area contributed by atoms with Crippen LogP contribution in [-0.4, -0.2) is 28.0 Å². The standard InChI is InChI=1S/C4H12N2O3S/c5-2-1-4(6)3-9-10(7)8/h4H,1-3,5-6H2,(H,7,8)/p-1. The molecule has 6 heteroatoms. The number of hydrogen-bond acceptors (Lipinski definition) is 5. The Kier molecular flexibility index (Phi) is 5.74. The zero-order valence-electron chi connectivity index (χ0n) is 5.49. The van der Waals surface area contributed by atoms with E-state index in [1.165, 1.54) is 0 Å². The Balaban J connectivity index is 3.21. The molecule has 0 aliphatic heterocycles. The second-order valence-corrected chi connectivity index (χ2v) is 2.47. The van der Waals surface area contributed by atoms with Crippen molar-refractivity contribution in [1.29, 1.82) is 0 Å². The highest BCUT2D eigenvalue weighted by Crippen LogP contribution is 1.88. The van der Waals surface area contributed by atoms with Gasteiger partial charge in [-0.25, -0.2) is 4.21 Å². The van der Waals surface area contributed by atoms with E-state index in [1.54, 1.807) is 0 Å². The summed E-state index contributed by atoms with van der Waals surface area (Å²) in [4.78, 5) is 0. The fourth-order valence-corrected chi connectivity index (χ4v) is 0.726. The van der Waals surface area contributed by atoms with Gasteiger partial charge in [0.05, 0.1) is 18.0 Å². The molecule has 0 aliphatic carbocycles. The molecule has 0 aliphatic rings. The topological polar surface area (TPSA) is 101 Å². The molecule has 0 bridgehead atoms. The van der Waals surface area contributed by atoms with Gasteiger partial charge >= 0.3 is 0 Å². The van der Waals surface area contributed by atoms with Gasteiger partial charge in [-0.3, -0.25) is 4.18 Å². The fourth-order valence-electron chi connectivity index (χ4n) is 0.440. The van der Waals surface area contributed by atoms with Crippen molar-refractivity contribution in [2.75, 3.05) is 13.2 Å². The third-order valence-corrected chi connectivity index (χ3v) is 1.24. The number of rotatable bonds is 5. The maximum absolute atomic E-state index is 9.80. The molecule has 4 N–H and O–H groups in total. The molecular formula is C4H11N2O3S-. The van der Waals surface area contributed by atoms with Crippen LogP contribution in [0.1, 0.15) is 6.42 Å². The van der Waals surface area contributed by atoms with Gasteiger partial charge in [0.25, 0.3) is 0 Å². The largest absolute Gasteiger partial charge is 0.750 e. The normalized spacial score (nSPS) is 16.7. The Morgan fingerprint density at radius 1 is 1.70 bits per heavy atom. The molecular weight excluding hydrogens is 156 g/mol. The first-order chi connectivity index (χ1) is 4.66. The molecule has 0 fully saturated rings. The average Bonchev–Trinajstić information content (AvgIpc) is 1.85. The summed E-state index contributed by atoms with van der Waals surface area (Å²) in [5.41, 5.74) is 10.5. The molecule has 62 valence electrons. The first kappa shape index (κ1) is 9.99. The van der Waals surface area contributed by atoms with E-state index in [2.05, 4.69) is 4.18 Å². The molecule has 0 amide bonds. The van der Waals surface area contributed by atoms with Gasteiger partial charge < -0.3 is 16.0 Å². The van der Waals surface area contributed by atoms with E-state index in [4.69, 9.17) is 11.5 Å². The minimum absolute atomic E-state index is 0.00725. The van der Waals surface area contributed by atoms with Crippen LogP contribution in [0.15, 0.2) is 0 Å². The molecule has 0 saturated carbocycles. The molecule has 0 aromatic carbocycles. The van der Waals surface area contributed by atoms with E-state index in [0.717, 1.165) is 0 Å². The molecule has 2 atom stereocenters. The predicted molar refractivity (Wildman–Crippen MR) is 36.5 cm³/mol. The summed E-state index contributed by atoms with van der Waals surface area (Å²) in [6.07, 6.45) is 0.567. The maximum Gasteiger partial charge on any atom is 0.0842 e. The lowest BCUT2D eigenvalue weighted by Crippen LogP contribution is -2.29. The summed E-state index contributed by atoms with van der Waals surface area (Å²) in [5, 5.41) is 0. The summed E-state index contributed by atoms with van der Waals surface area (Å²) in [6, 6.07) is -0.289. The Labute approximate surface area is 62.2 Å². The van der Waals surface area contributed by atoms with Gasteiger partial charge in [0.1, 0.15) is 0 Å². The lowest BCUT2D eigenvalue weighted by Gasteiger charge is -2.10. The summed E-state index contributed by atoms with van der Waals surface area (Å²) in [6.45, 7) is 0.448. The van der Waals surface area contributed by atoms with E-state index in [-0.39, 0.29) is 12.6 Å². The van der Waals surface area contributed by atoms with Crippen LogP contribution in [0.3, 0.4) is 0 Å². The summed E-state index contributed by atoms with van der Waals surface area (Å²) in [7, 11) is 0. The van der Waals surface area contributed by atoms with Crippen molar-refractivity contribution >= 4 is 11.4 Å². The first-order valence-electron chi connectivity index (χ1n) is 2.85. The SMILES string of the molecule is NCCC(N)COS(=O)[O-]. The van der Waals surface area contributed by atoms with E-state index in [1.807, 2.05) is 0 Å². The van der Waals surface area contributed by atoms with Crippen molar-refractivity contribution in [3.63, 3.8) is 0 Å². The molecule has 0 radical (unpaired) electrons. The minimum Gasteiger partial charge on any atom is -0.750 e. The number of nitrogens with two attached hydrogens (primary N) is 2. The molecule has 0 saturated heterocycles. The third-order valence-electron chi connectivity index (χ3n) is 0.916. The van der Waals surface area contributed by atoms with Crippen LogP contribution in [0.5, 0.6) is 0 Å². The third kappa shape index (κ3) is 6.12. The van der Waals surface area contributed by atoms with Crippen molar-refractivity contribution < 1.29 is 12.9 Å².